The number of halogens is 2. The highest BCUT2D eigenvalue weighted by atomic mass is 19.3. The van der Waals surface area contributed by atoms with Crippen LogP contribution in [0, 0.1) is 0 Å². The van der Waals surface area contributed by atoms with Crippen molar-refractivity contribution in [3.8, 4) is 5.75 Å². The lowest BCUT2D eigenvalue weighted by molar-refractivity contribution is -0.0493. The maximum atomic E-state index is 12.1. The van der Waals surface area contributed by atoms with Crippen molar-refractivity contribution >= 4 is 5.69 Å². The second kappa shape index (κ2) is 6.27. The topological polar surface area (TPSA) is 41.5 Å². The van der Waals surface area contributed by atoms with Gasteiger partial charge in [-0.1, -0.05) is 12.1 Å². The minimum Gasteiger partial charge on any atom is -0.433 e. The van der Waals surface area contributed by atoms with Crippen LogP contribution in [0.1, 0.15) is 13.3 Å². The Kier molecular flexibility index (Phi) is 4.98. The molecule has 0 fully saturated rings. The number of alkyl halides is 2. The van der Waals surface area contributed by atoms with E-state index in [0.717, 1.165) is 0 Å². The molecule has 1 unspecified atom stereocenters. The third-order valence-corrected chi connectivity index (χ3v) is 1.98. The number of aliphatic hydroxyl groups is 1. The maximum absolute atomic E-state index is 12.1. The van der Waals surface area contributed by atoms with E-state index in [1.165, 1.54) is 6.07 Å². The third kappa shape index (κ3) is 4.44. The lowest BCUT2D eigenvalue weighted by Crippen LogP contribution is -2.11. The minimum absolute atomic E-state index is 0.114. The number of benzene rings is 1. The second-order valence-electron chi connectivity index (χ2n) is 3.44. The number of hydrogen-bond donors (Lipinski definition) is 2. The summed E-state index contributed by atoms with van der Waals surface area (Å²) in [4.78, 5) is 0. The Hall–Kier alpha value is -1.36. The van der Waals surface area contributed by atoms with Crippen molar-refractivity contribution in [2.75, 3.05) is 11.9 Å². The van der Waals surface area contributed by atoms with Gasteiger partial charge >= 0.3 is 6.61 Å². The average Bonchev–Trinajstić information content (AvgIpc) is 2.19. The van der Waals surface area contributed by atoms with E-state index in [9.17, 15) is 8.78 Å². The summed E-state index contributed by atoms with van der Waals surface area (Å²) >= 11 is 0. The predicted molar refractivity (Wildman–Crippen MR) is 57.9 cm³/mol. The van der Waals surface area contributed by atoms with Gasteiger partial charge in [0.1, 0.15) is 5.75 Å². The highest BCUT2D eigenvalue weighted by Crippen LogP contribution is 2.25. The van der Waals surface area contributed by atoms with E-state index < -0.39 is 12.7 Å². The van der Waals surface area contributed by atoms with Crippen LogP contribution in [0.3, 0.4) is 0 Å². The van der Waals surface area contributed by atoms with Crippen LogP contribution >= 0.6 is 0 Å². The summed E-state index contributed by atoms with van der Waals surface area (Å²) in [6.07, 6.45) is 0.124. The van der Waals surface area contributed by atoms with Gasteiger partial charge in [-0.2, -0.15) is 8.78 Å². The van der Waals surface area contributed by atoms with Gasteiger partial charge in [-0.25, -0.2) is 0 Å². The predicted octanol–water partition coefficient (Wildman–Crippen LogP) is 2.47. The van der Waals surface area contributed by atoms with E-state index in [1.807, 2.05) is 0 Å². The first-order chi connectivity index (χ1) is 7.59. The zero-order valence-corrected chi connectivity index (χ0v) is 8.99. The molecule has 0 radical (unpaired) electrons. The second-order valence-corrected chi connectivity index (χ2v) is 3.44. The fourth-order valence-electron chi connectivity index (χ4n) is 1.23. The first-order valence-electron chi connectivity index (χ1n) is 5.05. The Morgan fingerprint density at radius 2 is 2.06 bits per heavy atom. The first kappa shape index (κ1) is 12.7. The highest BCUT2D eigenvalue weighted by Gasteiger charge is 2.08. The minimum atomic E-state index is -2.83. The molecule has 1 aromatic carbocycles. The van der Waals surface area contributed by atoms with Crippen LogP contribution < -0.4 is 10.1 Å². The van der Waals surface area contributed by atoms with Crippen molar-refractivity contribution in [3.05, 3.63) is 24.3 Å². The summed E-state index contributed by atoms with van der Waals surface area (Å²) in [6, 6.07) is 6.47. The van der Waals surface area contributed by atoms with Crippen molar-refractivity contribution in [2.24, 2.45) is 0 Å². The van der Waals surface area contributed by atoms with Crippen LogP contribution in [0.4, 0.5) is 14.5 Å². The maximum Gasteiger partial charge on any atom is 0.387 e. The molecule has 0 bridgehead atoms. The van der Waals surface area contributed by atoms with Gasteiger partial charge in [0.25, 0.3) is 0 Å². The highest BCUT2D eigenvalue weighted by molar-refractivity contribution is 5.56. The Morgan fingerprint density at radius 1 is 1.38 bits per heavy atom. The monoisotopic (exact) mass is 231 g/mol. The zero-order valence-electron chi connectivity index (χ0n) is 8.99. The van der Waals surface area contributed by atoms with Gasteiger partial charge in [-0.05, 0) is 25.5 Å². The molecule has 90 valence electrons. The van der Waals surface area contributed by atoms with Gasteiger partial charge in [0.2, 0.25) is 0 Å². The van der Waals surface area contributed by atoms with E-state index in [-0.39, 0.29) is 5.75 Å². The van der Waals surface area contributed by atoms with Crippen LogP contribution in [0.15, 0.2) is 24.3 Å². The molecular formula is C11H15F2NO2. The van der Waals surface area contributed by atoms with Gasteiger partial charge in [-0.15, -0.1) is 0 Å². The number of ether oxygens (including phenoxy) is 1. The molecule has 0 aromatic heterocycles. The fourth-order valence-corrected chi connectivity index (χ4v) is 1.23. The van der Waals surface area contributed by atoms with Crippen molar-refractivity contribution in [3.63, 3.8) is 0 Å². The first-order valence-corrected chi connectivity index (χ1v) is 5.05. The van der Waals surface area contributed by atoms with Gasteiger partial charge in [0.05, 0.1) is 11.8 Å². The molecular weight excluding hydrogens is 216 g/mol. The molecule has 0 aliphatic rings. The van der Waals surface area contributed by atoms with E-state index in [2.05, 4.69) is 10.1 Å². The van der Waals surface area contributed by atoms with Gasteiger partial charge < -0.3 is 15.2 Å². The van der Waals surface area contributed by atoms with Crippen molar-refractivity contribution < 1.29 is 18.6 Å². The molecule has 0 amide bonds. The van der Waals surface area contributed by atoms with Gasteiger partial charge in [-0.3, -0.25) is 0 Å². The van der Waals surface area contributed by atoms with Crippen LogP contribution in [0.2, 0.25) is 0 Å². The molecule has 0 heterocycles. The zero-order chi connectivity index (χ0) is 12.0. The largest absolute Gasteiger partial charge is 0.433 e. The molecule has 1 atom stereocenters. The number of anilines is 1. The molecule has 0 aliphatic heterocycles. The normalized spacial score (nSPS) is 12.6. The smallest absolute Gasteiger partial charge is 0.387 e. The summed E-state index contributed by atoms with van der Waals surface area (Å²) in [5.74, 6) is 0.114. The van der Waals surface area contributed by atoms with Crippen LogP contribution in [0.5, 0.6) is 5.75 Å². The summed E-state index contributed by atoms with van der Waals surface area (Å²) in [5.41, 5.74) is 0.503. The summed E-state index contributed by atoms with van der Waals surface area (Å²) in [7, 11) is 0. The molecule has 0 aliphatic carbocycles. The van der Waals surface area contributed by atoms with E-state index in [1.54, 1.807) is 25.1 Å². The number of hydrogen-bond acceptors (Lipinski definition) is 3. The van der Waals surface area contributed by atoms with E-state index in [0.29, 0.717) is 18.7 Å². The third-order valence-electron chi connectivity index (χ3n) is 1.98. The van der Waals surface area contributed by atoms with Gasteiger partial charge in [0, 0.05) is 6.54 Å². The molecule has 1 aromatic rings. The number of nitrogens with one attached hydrogen (secondary N) is 1. The number of rotatable bonds is 6. The summed E-state index contributed by atoms with van der Waals surface area (Å²) in [5, 5.41) is 12.0. The molecule has 5 heteroatoms. The molecule has 2 N–H and O–H groups in total. The fraction of sp³-hybridized carbons (Fsp3) is 0.455. The Bertz CT molecular complexity index is 319. The van der Waals surface area contributed by atoms with E-state index in [4.69, 9.17) is 5.11 Å². The Balaban J connectivity index is 2.56. The van der Waals surface area contributed by atoms with Crippen LogP contribution in [-0.4, -0.2) is 24.4 Å². The van der Waals surface area contributed by atoms with Crippen molar-refractivity contribution in [2.45, 2.75) is 26.1 Å². The van der Waals surface area contributed by atoms with Crippen LogP contribution in [0.25, 0.3) is 0 Å². The molecule has 0 spiro atoms. The molecule has 3 nitrogen and oxygen atoms in total. The summed E-state index contributed by atoms with van der Waals surface area (Å²) in [6.45, 7) is -0.662. The van der Waals surface area contributed by atoms with Gasteiger partial charge in [0.15, 0.2) is 0 Å². The lowest BCUT2D eigenvalue weighted by Gasteiger charge is -2.12. The molecule has 1 rings (SSSR count). The van der Waals surface area contributed by atoms with Crippen LogP contribution in [-0.2, 0) is 0 Å². The van der Waals surface area contributed by atoms with E-state index >= 15 is 0 Å². The molecule has 0 saturated heterocycles. The SMILES string of the molecule is CC(O)CCNc1ccccc1OC(F)F. The van der Waals surface area contributed by atoms with Crippen molar-refractivity contribution in [1.82, 2.24) is 0 Å². The average molecular weight is 231 g/mol. The Labute approximate surface area is 93.0 Å². The number of para-hydroxylation sites is 2. The lowest BCUT2D eigenvalue weighted by atomic mass is 10.2. The standard InChI is InChI=1S/C11H15F2NO2/c1-8(15)6-7-14-9-4-2-3-5-10(9)16-11(12)13/h2-5,8,11,14-15H,6-7H2,1H3. The summed E-state index contributed by atoms with van der Waals surface area (Å²) < 4.78 is 28.5. The number of aliphatic hydroxyl groups excluding tert-OH is 1. The quantitative estimate of drug-likeness (QED) is 0.790. The van der Waals surface area contributed by atoms with Crippen molar-refractivity contribution in [1.29, 1.82) is 0 Å². The Morgan fingerprint density at radius 3 is 2.69 bits per heavy atom. The molecule has 16 heavy (non-hydrogen) atoms. The molecule has 0 saturated carbocycles.